The third-order valence-electron chi connectivity index (χ3n) is 2.59. The van der Waals surface area contributed by atoms with Gasteiger partial charge in [0.2, 0.25) is 0 Å². The molecule has 86 valence electrons. The zero-order chi connectivity index (χ0) is 11.2. The first-order valence-corrected chi connectivity index (χ1v) is 6.10. The minimum absolute atomic E-state index is 0.423. The largest absolute Gasteiger partial charge is 0.328 e. The molecular formula is C13H29N. The summed E-state index contributed by atoms with van der Waals surface area (Å²) in [7, 11) is 0. The molecule has 0 aromatic rings. The van der Waals surface area contributed by atoms with Crippen LogP contribution in [0.1, 0.15) is 66.7 Å². The van der Waals surface area contributed by atoms with E-state index in [1.165, 1.54) is 32.1 Å². The van der Waals surface area contributed by atoms with Crippen LogP contribution in [0.2, 0.25) is 0 Å². The van der Waals surface area contributed by atoms with Crippen molar-refractivity contribution < 1.29 is 0 Å². The van der Waals surface area contributed by atoms with E-state index in [0.717, 1.165) is 5.92 Å². The summed E-state index contributed by atoms with van der Waals surface area (Å²) in [5, 5.41) is 0. The number of unbranched alkanes of at least 4 members (excludes halogenated alkanes) is 1. The Morgan fingerprint density at radius 3 is 2.21 bits per heavy atom. The highest BCUT2D eigenvalue weighted by Crippen LogP contribution is 2.26. The van der Waals surface area contributed by atoms with Crippen LogP contribution < -0.4 is 5.73 Å². The second kappa shape index (κ2) is 6.44. The van der Waals surface area contributed by atoms with E-state index in [1.54, 1.807) is 0 Å². The molecule has 0 spiro atoms. The summed E-state index contributed by atoms with van der Waals surface area (Å²) >= 11 is 0. The van der Waals surface area contributed by atoms with Crippen LogP contribution in [0, 0.1) is 11.3 Å². The SMILES string of the molecule is CCCCC(N)CC(C)CC(C)(C)C. The lowest BCUT2D eigenvalue weighted by atomic mass is 9.82. The van der Waals surface area contributed by atoms with Gasteiger partial charge >= 0.3 is 0 Å². The molecule has 0 aliphatic carbocycles. The van der Waals surface area contributed by atoms with Crippen LogP contribution >= 0.6 is 0 Å². The Bertz CT molecular complexity index is 135. The van der Waals surface area contributed by atoms with Crippen molar-refractivity contribution in [2.75, 3.05) is 0 Å². The van der Waals surface area contributed by atoms with Gasteiger partial charge in [0.05, 0.1) is 0 Å². The van der Waals surface area contributed by atoms with Gasteiger partial charge in [0.1, 0.15) is 0 Å². The summed E-state index contributed by atoms with van der Waals surface area (Å²) in [4.78, 5) is 0. The summed E-state index contributed by atoms with van der Waals surface area (Å²) in [6, 6.07) is 0.423. The lowest BCUT2D eigenvalue weighted by Gasteiger charge is -2.25. The van der Waals surface area contributed by atoms with Gasteiger partial charge < -0.3 is 5.73 Å². The van der Waals surface area contributed by atoms with E-state index in [0.29, 0.717) is 11.5 Å². The van der Waals surface area contributed by atoms with Crippen molar-refractivity contribution in [3.8, 4) is 0 Å². The lowest BCUT2D eigenvalue weighted by Crippen LogP contribution is -2.24. The van der Waals surface area contributed by atoms with Gasteiger partial charge in [0, 0.05) is 6.04 Å². The molecule has 0 saturated heterocycles. The molecule has 0 rings (SSSR count). The highest BCUT2D eigenvalue weighted by atomic mass is 14.6. The zero-order valence-electron chi connectivity index (χ0n) is 10.8. The topological polar surface area (TPSA) is 26.0 Å². The number of rotatable bonds is 6. The van der Waals surface area contributed by atoms with E-state index in [9.17, 15) is 0 Å². The maximum absolute atomic E-state index is 6.08. The molecule has 0 aromatic carbocycles. The fraction of sp³-hybridized carbons (Fsp3) is 1.00. The second-order valence-electron chi connectivity index (χ2n) is 6.01. The Hall–Kier alpha value is -0.0400. The molecule has 0 radical (unpaired) electrons. The minimum Gasteiger partial charge on any atom is -0.328 e. The third kappa shape index (κ3) is 8.55. The van der Waals surface area contributed by atoms with Crippen LogP contribution in [0.25, 0.3) is 0 Å². The van der Waals surface area contributed by atoms with Crippen LogP contribution in [-0.4, -0.2) is 6.04 Å². The molecule has 2 unspecified atom stereocenters. The van der Waals surface area contributed by atoms with Crippen LogP contribution in [-0.2, 0) is 0 Å². The van der Waals surface area contributed by atoms with Gasteiger partial charge in [-0.2, -0.15) is 0 Å². The molecule has 0 heterocycles. The smallest absolute Gasteiger partial charge is 0.00413 e. The van der Waals surface area contributed by atoms with Crippen LogP contribution in [0.15, 0.2) is 0 Å². The number of hydrogen-bond acceptors (Lipinski definition) is 1. The predicted octanol–water partition coefficient (Wildman–Crippen LogP) is 3.97. The van der Waals surface area contributed by atoms with E-state index < -0.39 is 0 Å². The fourth-order valence-electron chi connectivity index (χ4n) is 2.23. The number of nitrogens with two attached hydrogens (primary N) is 1. The standard InChI is InChI=1S/C13H29N/c1-6-7-8-12(14)9-11(2)10-13(3,4)5/h11-12H,6-10,14H2,1-5H3. The summed E-state index contributed by atoms with van der Waals surface area (Å²) in [5.74, 6) is 0.766. The zero-order valence-corrected chi connectivity index (χ0v) is 10.8. The van der Waals surface area contributed by atoms with Gasteiger partial charge in [-0.1, -0.05) is 47.5 Å². The minimum atomic E-state index is 0.423. The van der Waals surface area contributed by atoms with Gasteiger partial charge in [0.15, 0.2) is 0 Å². The Morgan fingerprint density at radius 1 is 1.21 bits per heavy atom. The van der Waals surface area contributed by atoms with Crippen molar-refractivity contribution in [3.63, 3.8) is 0 Å². The van der Waals surface area contributed by atoms with Crippen molar-refractivity contribution in [3.05, 3.63) is 0 Å². The first kappa shape index (κ1) is 14.0. The molecule has 0 bridgehead atoms. The van der Waals surface area contributed by atoms with Crippen molar-refractivity contribution in [2.45, 2.75) is 72.8 Å². The van der Waals surface area contributed by atoms with E-state index in [2.05, 4.69) is 34.6 Å². The normalized spacial score (nSPS) is 16.7. The van der Waals surface area contributed by atoms with Crippen molar-refractivity contribution in [1.29, 1.82) is 0 Å². The van der Waals surface area contributed by atoms with Crippen LogP contribution in [0.4, 0.5) is 0 Å². The summed E-state index contributed by atoms with van der Waals surface area (Å²) in [6.45, 7) is 11.5. The molecule has 0 fully saturated rings. The second-order valence-corrected chi connectivity index (χ2v) is 6.01. The highest BCUT2D eigenvalue weighted by molar-refractivity contribution is 4.71. The Kier molecular flexibility index (Phi) is 6.43. The average Bonchev–Trinajstić information content (AvgIpc) is 1.96. The van der Waals surface area contributed by atoms with E-state index in [4.69, 9.17) is 5.73 Å². The van der Waals surface area contributed by atoms with Gasteiger partial charge in [-0.3, -0.25) is 0 Å². The first-order chi connectivity index (χ1) is 6.35. The molecular weight excluding hydrogens is 170 g/mol. The predicted molar refractivity (Wildman–Crippen MR) is 65.4 cm³/mol. The maximum atomic E-state index is 6.08. The van der Waals surface area contributed by atoms with Crippen molar-refractivity contribution in [2.24, 2.45) is 17.1 Å². The van der Waals surface area contributed by atoms with Crippen molar-refractivity contribution >= 4 is 0 Å². The molecule has 2 atom stereocenters. The first-order valence-electron chi connectivity index (χ1n) is 6.10. The molecule has 0 aromatic heterocycles. The van der Waals surface area contributed by atoms with Gasteiger partial charge in [-0.05, 0) is 30.6 Å². The van der Waals surface area contributed by atoms with Crippen molar-refractivity contribution in [1.82, 2.24) is 0 Å². The molecule has 2 N–H and O–H groups in total. The van der Waals surface area contributed by atoms with Gasteiger partial charge in [-0.15, -0.1) is 0 Å². The monoisotopic (exact) mass is 199 g/mol. The van der Waals surface area contributed by atoms with Gasteiger partial charge in [-0.25, -0.2) is 0 Å². The fourth-order valence-corrected chi connectivity index (χ4v) is 2.23. The maximum Gasteiger partial charge on any atom is 0.00413 e. The Balaban J connectivity index is 3.65. The Morgan fingerprint density at radius 2 is 1.79 bits per heavy atom. The molecule has 1 nitrogen and oxygen atoms in total. The summed E-state index contributed by atoms with van der Waals surface area (Å²) < 4.78 is 0. The van der Waals surface area contributed by atoms with Crippen LogP contribution in [0.5, 0.6) is 0 Å². The summed E-state index contributed by atoms with van der Waals surface area (Å²) in [6.07, 6.45) is 6.22. The van der Waals surface area contributed by atoms with Gasteiger partial charge in [0.25, 0.3) is 0 Å². The average molecular weight is 199 g/mol. The highest BCUT2D eigenvalue weighted by Gasteiger charge is 2.17. The molecule has 0 saturated carbocycles. The lowest BCUT2D eigenvalue weighted by molar-refractivity contribution is 0.282. The summed E-state index contributed by atoms with van der Waals surface area (Å²) in [5.41, 5.74) is 6.53. The quantitative estimate of drug-likeness (QED) is 0.688. The number of hydrogen-bond donors (Lipinski definition) is 1. The van der Waals surface area contributed by atoms with Crippen LogP contribution in [0.3, 0.4) is 0 Å². The third-order valence-corrected chi connectivity index (χ3v) is 2.59. The van der Waals surface area contributed by atoms with E-state index in [1.807, 2.05) is 0 Å². The van der Waals surface area contributed by atoms with E-state index >= 15 is 0 Å². The molecule has 1 heteroatoms. The molecule has 14 heavy (non-hydrogen) atoms. The van der Waals surface area contributed by atoms with E-state index in [-0.39, 0.29) is 0 Å². The Labute approximate surface area is 90.5 Å². The molecule has 0 aliphatic heterocycles. The molecule has 0 aliphatic rings. The molecule has 0 amide bonds.